The summed E-state index contributed by atoms with van der Waals surface area (Å²) in [4.78, 5) is 0. The lowest BCUT2D eigenvalue weighted by molar-refractivity contribution is -0.664. The Balaban J connectivity index is 2.45. The molecular weight excluding hydrogens is 274 g/mol. The van der Waals surface area contributed by atoms with E-state index in [1.807, 2.05) is 13.0 Å². The minimum absolute atomic E-state index is 0.818. The van der Waals surface area contributed by atoms with E-state index in [1.165, 1.54) is 26.0 Å². The van der Waals surface area contributed by atoms with Gasteiger partial charge in [0.05, 0.1) is 5.39 Å². The van der Waals surface area contributed by atoms with E-state index in [0.29, 0.717) is 0 Å². The summed E-state index contributed by atoms with van der Waals surface area (Å²) in [6.07, 6.45) is 2.05. The molecule has 3 heteroatoms. The molecule has 0 radical (unpaired) electrons. The first kappa shape index (κ1) is 12.6. The van der Waals surface area contributed by atoms with Gasteiger partial charge in [-0.15, -0.1) is 0 Å². The van der Waals surface area contributed by atoms with Crippen LogP contribution in [0.5, 0.6) is 0 Å². The molecule has 0 bridgehead atoms. The summed E-state index contributed by atoms with van der Waals surface area (Å²) in [5, 5.41) is 4.62. The molecule has 0 unspecified atom stereocenters. The topological polar surface area (TPSA) is 3.88 Å². The van der Waals surface area contributed by atoms with Gasteiger partial charge >= 0.3 is 0 Å². The fourth-order valence-electron chi connectivity index (χ4n) is 2.47. The van der Waals surface area contributed by atoms with E-state index in [1.54, 1.807) is 11.3 Å². The molecule has 1 heterocycles. The molecular formula is C16H15ClNS+. The maximum atomic E-state index is 6.04. The first-order chi connectivity index (χ1) is 9.20. The van der Waals surface area contributed by atoms with Crippen molar-refractivity contribution < 1.29 is 4.57 Å². The summed E-state index contributed by atoms with van der Waals surface area (Å²) in [7, 11) is 0. The van der Waals surface area contributed by atoms with E-state index in [4.69, 9.17) is 11.6 Å². The predicted octanol–water partition coefficient (Wildman–Crippen LogP) is 4.96. The Morgan fingerprint density at radius 3 is 2.79 bits per heavy atom. The number of halogens is 1. The molecule has 1 aromatic heterocycles. The van der Waals surface area contributed by atoms with E-state index in [9.17, 15) is 0 Å². The fourth-order valence-corrected chi connectivity index (χ4v) is 3.88. The molecule has 0 amide bonds. The van der Waals surface area contributed by atoms with Crippen LogP contribution in [0.15, 0.2) is 41.4 Å². The van der Waals surface area contributed by atoms with Crippen LogP contribution in [-0.2, 0) is 6.54 Å². The van der Waals surface area contributed by atoms with Crippen LogP contribution in [0.1, 0.15) is 18.9 Å². The Kier molecular flexibility index (Phi) is 3.29. The van der Waals surface area contributed by atoms with Gasteiger partial charge in [-0.1, -0.05) is 47.2 Å². The number of aryl methyl sites for hydroxylation is 1. The van der Waals surface area contributed by atoms with Crippen LogP contribution in [0.3, 0.4) is 0 Å². The summed E-state index contributed by atoms with van der Waals surface area (Å²) >= 11 is 7.84. The Bertz CT molecular complexity index is 782. The SMILES string of the molecule is CC[n+]1c(/C=C(\C)Cl)sc2ccc3ccccc3c21. The molecule has 2 aromatic carbocycles. The van der Waals surface area contributed by atoms with E-state index >= 15 is 0 Å². The zero-order chi connectivity index (χ0) is 13.4. The Hall–Kier alpha value is -1.38. The molecule has 0 saturated carbocycles. The Morgan fingerprint density at radius 2 is 2.05 bits per heavy atom. The van der Waals surface area contributed by atoms with Gasteiger partial charge < -0.3 is 0 Å². The lowest BCUT2D eigenvalue weighted by Gasteiger charge is -1.97. The van der Waals surface area contributed by atoms with Crippen molar-refractivity contribution in [3.05, 3.63) is 46.4 Å². The third kappa shape index (κ3) is 2.15. The minimum atomic E-state index is 0.818. The van der Waals surface area contributed by atoms with Crippen LogP contribution >= 0.6 is 22.9 Å². The molecule has 0 N–H and O–H groups in total. The monoisotopic (exact) mass is 288 g/mol. The van der Waals surface area contributed by atoms with Crippen LogP contribution in [-0.4, -0.2) is 0 Å². The highest BCUT2D eigenvalue weighted by atomic mass is 35.5. The molecule has 0 spiro atoms. The summed E-state index contributed by atoms with van der Waals surface area (Å²) < 4.78 is 3.65. The lowest BCUT2D eigenvalue weighted by atomic mass is 10.1. The normalized spacial score (nSPS) is 12.5. The largest absolute Gasteiger partial charge is 0.263 e. The van der Waals surface area contributed by atoms with Gasteiger partial charge in [0.15, 0.2) is 0 Å². The van der Waals surface area contributed by atoms with Crippen molar-refractivity contribution in [1.82, 2.24) is 0 Å². The average molecular weight is 289 g/mol. The second kappa shape index (κ2) is 4.95. The zero-order valence-corrected chi connectivity index (χ0v) is 12.6. The maximum Gasteiger partial charge on any atom is 0.263 e. The van der Waals surface area contributed by atoms with Crippen molar-refractivity contribution in [1.29, 1.82) is 0 Å². The highest BCUT2D eigenvalue weighted by Gasteiger charge is 2.19. The zero-order valence-electron chi connectivity index (χ0n) is 11.0. The lowest BCUT2D eigenvalue weighted by Crippen LogP contribution is -2.33. The van der Waals surface area contributed by atoms with Crippen molar-refractivity contribution in [2.45, 2.75) is 20.4 Å². The molecule has 0 fully saturated rings. The number of aromatic nitrogens is 1. The first-order valence-corrected chi connectivity index (χ1v) is 7.58. The molecule has 0 aliphatic carbocycles. The Labute approximate surface area is 121 Å². The quantitative estimate of drug-likeness (QED) is 0.587. The van der Waals surface area contributed by atoms with E-state index in [0.717, 1.165) is 11.6 Å². The number of thiazole rings is 1. The highest BCUT2D eigenvalue weighted by Crippen LogP contribution is 2.29. The molecule has 0 atom stereocenters. The number of hydrogen-bond donors (Lipinski definition) is 0. The molecule has 3 aromatic rings. The van der Waals surface area contributed by atoms with E-state index < -0.39 is 0 Å². The van der Waals surface area contributed by atoms with Gasteiger partial charge in [0.25, 0.3) is 5.01 Å². The number of hydrogen-bond acceptors (Lipinski definition) is 1. The number of fused-ring (bicyclic) bond motifs is 3. The summed E-state index contributed by atoms with van der Waals surface area (Å²) in [5.74, 6) is 0. The molecule has 1 nitrogen and oxygen atoms in total. The second-order valence-corrected chi connectivity index (χ2v) is 6.21. The van der Waals surface area contributed by atoms with Crippen molar-refractivity contribution >= 4 is 50.0 Å². The molecule has 3 rings (SSSR count). The predicted molar refractivity (Wildman–Crippen MR) is 84.7 cm³/mol. The second-order valence-electron chi connectivity index (χ2n) is 4.55. The van der Waals surface area contributed by atoms with Crippen molar-refractivity contribution in [3.8, 4) is 0 Å². The molecule has 0 saturated heterocycles. The van der Waals surface area contributed by atoms with Crippen molar-refractivity contribution in [2.24, 2.45) is 0 Å². The average Bonchev–Trinajstić information content (AvgIpc) is 2.75. The maximum absolute atomic E-state index is 6.04. The molecule has 19 heavy (non-hydrogen) atoms. The number of allylic oxidation sites excluding steroid dienone is 1. The van der Waals surface area contributed by atoms with Crippen molar-refractivity contribution in [3.63, 3.8) is 0 Å². The number of nitrogens with zero attached hydrogens (tertiary/aromatic N) is 1. The van der Waals surface area contributed by atoms with Gasteiger partial charge in [-0.25, -0.2) is 0 Å². The number of benzene rings is 2. The number of rotatable bonds is 2. The molecule has 0 aliphatic rings. The van der Waals surface area contributed by atoms with Crippen LogP contribution in [0.25, 0.3) is 27.1 Å². The van der Waals surface area contributed by atoms with Crippen LogP contribution in [0.4, 0.5) is 0 Å². The molecule has 0 aliphatic heterocycles. The minimum Gasteiger partial charge on any atom is -0.182 e. The van der Waals surface area contributed by atoms with E-state index in [-0.39, 0.29) is 0 Å². The van der Waals surface area contributed by atoms with Crippen LogP contribution < -0.4 is 4.57 Å². The van der Waals surface area contributed by atoms with Gasteiger partial charge in [-0.3, -0.25) is 0 Å². The first-order valence-electron chi connectivity index (χ1n) is 6.38. The van der Waals surface area contributed by atoms with E-state index in [2.05, 4.69) is 47.9 Å². The highest BCUT2D eigenvalue weighted by molar-refractivity contribution is 7.19. The third-order valence-corrected chi connectivity index (χ3v) is 4.46. The van der Waals surface area contributed by atoms with Crippen LogP contribution in [0, 0.1) is 0 Å². The third-order valence-electron chi connectivity index (χ3n) is 3.25. The van der Waals surface area contributed by atoms with Gasteiger partial charge in [0.1, 0.15) is 11.2 Å². The smallest absolute Gasteiger partial charge is 0.182 e. The fraction of sp³-hybridized carbons (Fsp3) is 0.188. The Morgan fingerprint density at radius 1 is 1.26 bits per heavy atom. The summed E-state index contributed by atoms with van der Waals surface area (Å²) in [6, 6.07) is 12.9. The summed E-state index contributed by atoms with van der Waals surface area (Å²) in [5.41, 5.74) is 1.31. The summed E-state index contributed by atoms with van der Waals surface area (Å²) in [6.45, 7) is 5.04. The van der Waals surface area contributed by atoms with Crippen LogP contribution in [0.2, 0.25) is 0 Å². The van der Waals surface area contributed by atoms with Gasteiger partial charge in [0.2, 0.25) is 5.52 Å². The van der Waals surface area contributed by atoms with Crippen molar-refractivity contribution in [2.75, 3.05) is 0 Å². The van der Waals surface area contributed by atoms with Gasteiger partial charge in [-0.05, 0) is 31.4 Å². The standard InChI is InChI=1S/C16H15ClNS/c1-3-18-15(10-11(2)17)19-14-9-8-12-6-4-5-7-13(12)16(14)18/h4-10H,3H2,1-2H3/q+1/b11-10+. The molecule has 96 valence electrons. The van der Waals surface area contributed by atoms with Gasteiger partial charge in [0, 0.05) is 11.1 Å². The van der Waals surface area contributed by atoms with Gasteiger partial charge in [-0.2, -0.15) is 4.57 Å².